The number of likely N-dealkylation sites (tertiary alicyclic amines) is 1. The maximum Gasteiger partial charge on any atom is 0.254 e. The number of aromatic nitrogens is 1. The van der Waals surface area contributed by atoms with E-state index in [1.807, 2.05) is 51.1 Å². The molecule has 2 atom stereocenters. The maximum atomic E-state index is 13.1. The summed E-state index contributed by atoms with van der Waals surface area (Å²) in [5, 5.41) is 7.17. The number of carbonyl (C=O) groups excluding carboxylic acids is 2. The Hall–Kier alpha value is -3.69. The van der Waals surface area contributed by atoms with Gasteiger partial charge in [0.05, 0.1) is 31.0 Å². The Balaban J connectivity index is 1.41. The van der Waals surface area contributed by atoms with Crippen LogP contribution in [-0.2, 0) is 22.7 Å². The molecule has 1 N–H and O–H groups in total. The van der Waals surface area contributed by atoms with Crippen LogP contribution >= 0.6 is 0 Å². The van der Waals surface area contributed by atoms with Crippen LogP contribution in [-0.4, -0.2) is 65.6 Å². The van der Waals surface area contributed by atoms with Crippen molar-refractivity contribution in [2.24, 2.45) is 0 Å². The number of nitrogens with zero attached hydrogens (tertiary/aromatic N) is 3. The van der Waals surface area contributed by atoms with Gasteiger partial charge in [-0.15, -0.1) is 0 Å². The van der Waals surface area contributed by atoms with Gasteiger partial charge in [0, 0.05) is 37.8 Å². The second-order valence-electron chi connectivity index (χ2n) is 9.91. The van der Waals surface area contributed by atoms with Crippen LogP contribution < -0.4 is 10.1 Å². The van der Waals surface area contributed by atoms with Crippen molar-refractivity contribution in [1.29, 1.82) is 0 Å². The highest BCUT2D eigenvalue weighted by molar-refractivity contribution is 5.96. The second-order valence-corrected chi connectivity index (χ2v) is 9.91. The molecule has 2 aromatic carbocycles. The van der Waals surface area contributed by atoms with E-state index in [0.717, 1.165) is 28.1 Å². The third-order valence-corrected chi connectivity index (χ3v) is 7.00. The van der Waals surface area contributed by atoms with Crippen molar-refractivity contribution in [3.05, 3.63) is 76.2 Å². The van der Waals surface area contributed by atoms with Gasteiger partial charge in [0.2, 0.25) is 5.91 Å². The fraction of sp³-hybridized carbons (Fsp3) is 0.393. The lowest BCUT2D eigenvalue weighted by atomic mass is 10.1. The number of benzene rings is 2. The van der Waals surface area contributed by atoms with Gasteiger partial charge >= 0.3 is 0 Å². The largest absolute Gasteiger partial charge is 0.457 e. The molecule has 1 saturated heterocycles. The number of fused-ring (bicyclic) bond motifs is 5. The Labute approximate surface area is 216 Å². The number of amides is 2. The summed E-state index contributed by atoms with van der Waals surface area (Å²) >= 11 is 0. The Bertz CT molecular complexity index is 1300. The van der Waals surface area contributed by atoms with Crippen LogP contribution in [0.4, 0.5) is 0 Å². The lowest BCUT2D eigenvalue weighted by Crippen LogP contribution is -2.48. The van der Waals surface area contributed by atoms with Crippen molar-refractivity contribution < 1.29 is 23.6 Å². The first kappa shape index (κ1) is 25.0. The Kier molecular flexibility index (Phi) is 6.99. The smallest absolute Gasteiger partial charge is 0.254 e. The molecule has 2 aliphatic rings. The van der Waals surface area contributed by atoms with Gasteiger partial charge in [-0.1, -0.05) is 23.4 Å². The van der Waals surface area contributed by atoms with Crippen molar-refractivity contribution in [2.45, 2.75) is 46.1 Å². The summed E-state index contributed by atoms with van der Waals surface area (Å²) in [7, 11) is 1.63. The van der Waals surface area contributed by atoms with E-state index in [0.29, 0.717) is 43.3 Å². The second kappa shape index (κ2) is 10.4. The number of hydrogen-bond acceptors (Lipinski definition) is 7. The standard InChI is InChI=1S/C28H32N4O5/c1-17-8-9-21-11-25(17)36-22-7-5-6-20(10-22)16-35-26-14-32(12-23-18(2)30-37-19(23)3)13-24(26)29-27(33)15-31(4)28(21)34/h5-11,24,26H,12-16H2,1-4H3,(H,29,33)/t24-,26-/m0/s1. The van der Waals surface area contributed by atoms with Crippen LogP contribution in [0.25, 0.3) is 0 Å². The average molecular weight is 505 g/mol. The molecule has 0 aliphatic carbocycles. The highest BCUT2D eigenvalue weighted by Crippen LogP contribution is 2.28. The molecular weight excluding hydrogens is 472 g/mol. The van der Waals surface area contributed by atoms with E-state index in [1.54, 1.807) is 19.2 Å². The van der Waals surface area contributed by atoms with Crippen LogP contribution in [0.3, 0.4) is 0 Å². The molecule has 1 aromatic heterocycles. The van der Waals surface area contributed by atoms with E-state index in [9.17, 15) is 9.59 Å². The molecule has 3 aromatic rings. The molecule has 5 rings (SSSR count). The number of nitrogens with one attached hydrogen (secondary N) is 1. The average Bonchev–Trinajstić information content (AvgIpc) is 3.40. The zero-order valence-electron chi connectivity index (χ0n) is 21.6. The first-order valence-electron chi connectivity index (χ1n) is 12.4. The number of ether oxygens (including phenoxy) is 2. The van der Waals surface area contributed by atoms with Gasteiger partial charge in [-0.05, 0) is 56.2 Å². The normalized spacial score (nSPS) is 20.9. The Morgan fingerprint density at radius 3 is 2.70 bits per heavy atom. The molecule has 0 radical (unpaired) electrons. The predicted molar refractivity (Wildman–Crippen MR) is 136 cm³/mol. The van der Waals surface area contributed by atoms with E-state index in [4.69, 9.17) is 14.0 Å². The number of rotatable bonds is 2. The van der Waals surface area contributed by atoms with Gasteiger partial charge in [0.1, 0.15) is 17.3 Å². The first-order chi connectivity index (χ1) is 17.8. The van der Waals surface area contributed by atoms with Crippen LogP contribution in [0.2, 0.25) is 0 Å². The van der Waals surface area contributed by atoms with Gasteiger partial charge in [-0.3, -0.25) is 14.5 Å². The molecule has 9 nitrogen and oxygen atoms in total. The highest BCUT2D eigenvalue weighted by Gasteiger charge is 2.35. The number of likely N-dealkylation sites (N-methyl/N-ethyl adjacent to an activating group) is 1. The highest BCUT2D eigenvalue weighted by atomic mass is 16.5. The Morgan fingerprint density at radius 1 is 1.08 bits per heavy atom. The number of hydrogen-bond donors (Lipinski definition) is 1. The minimum Gasteiger partial charge on any atom is -0.457 e. The lowest BCUT2D eigenvalue weighted by Gasteiger charge is -2.23. The molecule has 194 valence electrons. The third-order valence-electron chi connectivity index (χ3n) is 7.00. The maximum absolute atomic E-state index is 13.1. The van der Waals surface area contributed by atoms with Gasteiger partial charge in [-0.25, -0.2) is 0 Å². The lowest BCUT2D eigenvalue weighted by molar-refractivity contribution is -0.123. The summed E-state index contributed by atoms with van der Waals surface area (Å²) in [6.07, 6.45) is -0.224. The van der Waals surface area contributed by atoms with Crippen molar-refractivity contribution in [1.82, 2.24) is 20.3 Å². The topological polar surface area (TPSA) is 97.1 Å². The van der Waals surface area contributed by atoms with Crippen molar-refractivity contribution in [3.8, 4) is 11.5 Å². The van der Waals surface area contributed by atoms with Crippen LogP contribution in [0.15, 0.2) is 47.0 Å². The van der Waals surface area contributed by atoms with Gasteiger partial charge in [0.25, 0.3) is 5.91 Å². The van der Waals surface area contributed by atoms with E-state index in [1.165, 1.54) is 4.90 Å². The SMILES string of the molecule is Cc1ccc2cc1Oc1cccc(c1)CO[C@H]1CN(Cc3c(C)noc3C)C[C@@H]1NC(=O)CN(C)C2=O. The summed E-state index contributed by atoms with van der Waals surface area (Å²) in [6.45, 7) is 8.00. The molecule has 1 fully saturated rings. The molecule has 0 unspecified atom stereocenters. The van der Waals surface area contributed by atoms with Crippen LogP contribution in [0.5, 0.6) is 11.5 Å². The zero-order valence-corrected chi connectivity index (χ0v) is 21.6. The van der Waals surface area contributed by atoms with Crippen molar-refractivity contribution >= 4 is 11.8 Å². The van der Waals surface area contributed by atoms with Crippen LogP contribution in [0, 0.1) is 20.8 Å². The van der Waals surface area contributed by atoms with Gasteiger partial charge in [-0.2, -0.15) is 0 Å². The molecule has 3 heterocycles. The summed E-state index contributed by atoms with van der Waals surface area (Å²) in [6, 6.07) is 12.8. The van der Waals surface area contributed by atoms with Gasteiger partial charge in [0.15, 0.2) is 0 Å². The predicted octanol–water partition coefficient (Wildman–Crippen LogP) is 3.36. The fourth-order valence-corrected chi connectivity index (χ4v) is 4.87. The Morgan fingerprint density at radius 2 is 1.92 bits per heavy atom. The molecule has 4 bridgehead atoms. The van der Waals surface area contributed by atoms with E-state index in [2.05, 4.69) is 15.4 Å². The summed E-state index contributed by atoms with van der Waals surface area (Å²) in [5.41, 5.74) is 4.25. The molecule has 0 spiro atoms. The quantitative estimate of drug-likeness (QED) is 0.572. The van der Waals surface area contributed by atoms with E-state index < -0.39 is 0 Å². The number of carbonyl (C=O) groups is 2. The zero-order chi connectivity index (χ0) is 26.1. The molecule has 9 heteroatoms. The molecule has 2 amide bonds. The van der Waals surface area contributed by atoms with Crippen LogP contribution in [0.1, 0.15) is 38.5 Å². The summed E-state index contributed by atoms with van der Waals surface area (Å²) in [4.78, 5) is 29.8. The monoisotopic (exact) mass is 504 g/mol. The summed E-state index contributed by atoms with van der Waals surface area (Å²) in [5.74, 6) is 1.58. The summed E-state index contributed by atoms with van der Waals surface area (Å²) < 4.78 is 17.8. The van der Waals surface area contributed by atoms with Gasteiger partial charge < -0.3 is 24.2 Å². The minimum atomic E-state index is -0.250. The molecular formula is C28H32N4O5. The van der Waals surface area contributed by atoms with E-state index >= 15 is 0 Å². The molecule has 2 aliphatic heterocycles. The molecule has 37 heavy (non-hydrogen) atoms. The molecule has 0 saturated carbocycles. The van der Waals surface area contributed by atoms with Crippen molar-refractivity contribution in [3.63, 3.8) is 0 Å². The van der Waals surface area contributed by atoms with Crippen molar-refractivity contribution in [2.75, 3.05) is 26.7 Å². The minimum absolute atomic E-state index is 0.0605. The fourth-order valence-electron chi connectivity index (χ4n) is 4.87. The van der Waals surface area contributed by atoms with E-state index in [-0.39, 0.29) is 30.5 Å². The third kappa shape index (κ3) is 5.52. The number of aryl methyl sites for hydroxylation is 3. The first-order valence-corrected chi connectivity index (χ1v) is 12.4.